The summed E-state index contributed by atoms with van der Waals surface area (Å²) < 4.78 is 55.7. The molecule has 0 aliphatic carbocycles. The monoisotopic (exact) mass is 419 g/mol. The predicted octanol–water partition coefficient (Wildman–Crippen LogP) is 1.65. The van der Waals surface area contributed by atoms with Crippen LogP contribution in [0.4, 0.5) is 8.78 Å². The van der Waals surface area contributed by atoms with Crippen molar-refractivity contribution in [2.24, 2.45) is 0 Å². The van der Waals surface area contributed by atoms with Crippen LogP contribution in [-0.4, -0.2) is 47.1 Å². The molecule has 148 valence electrons. The zero-order valence-electron chi connectivity index (χ0n) is 14.4. The smallest absolute Gasteiger partial charge is 0.245 e. The number of nitrogens with one attached hydrogen (secondary N) is 1. The lowest BCUT2D eigenvalue weighted by Gasteiger charge is -2.31. The average Bonchev–Trinajstić information content (AvgIpc) is 3.05. The summed E-state index contributed by atoms with van der Waals surface area (Å²) >= 11 is 0. The maximum absolute atomic E-state index is 13.9. The zero-order valence-corrected chi connectivity index (χ0v) is 16.1. The Morgan fingerprint density at radius 1 is 1.11 bits per heavy atom. The summed E-state index contributed by atoms with van der Waals surface area (Å²) in [5.74, 6) is 0.0532. The van der Waals surface area contributed by atoms with Gasteiger partial charge in [0.05, 0.1) is 6.54 Å². The van der Waals surface area contributed by atoms with Crippen LogP contribution < -0.4 is 5.32 Å². The van der Waals surface area contributed by atoms with Gasteiger partial charge in [-0.25, -0.2) is 17.2 Å². The van der Waals surface area contributed by atoms with Gasteiger partial charge in [0.2, 0.25) is 10.0 Å². The van der Waals surface area contributed by atoms with E-state index in [0.29, 0.717) is 25.5 Å². The van der Waals surface area contributed by atoms with E-state index in [2.05, 4.69) is 20.1 Å². The SMILES string of the molecule is Cl.O=S(=O)(c1ccc(F)cc1F)N1CCC(c2nnc3n2CCNC3)CC1. The second-order valence-corrected chi connectivity index (χ2v) is 8.46. The van der Waals surface area contributed by atoms with Gasteiger partial charge in [-0.2, -0.15) is 4.31 Å². The summed E-state index contributed by atoms with van der Waals surface area (Å²) in [6.07, 6.45) is 1.18. The molecule has 0 radical (unpaired) electrons. The van der Waals surface area contributed by atoms with Crippen LogP contribution in [0, 0.1) is 11.6 Å². The highest BCUT2D eigenvalue weighted by molar-refractivity contribution is 7.89. The quantitative estimate of drug-likeness (QED) is 0.818. The number of rotatable bonds is 3. The number of sulfonamides is 1. The molecule has 1 fully saturated rings. The van der Waals surface area contributed by atoms with Crippen molar-refractivity contribution in [2.45, 2.75) is 36.7 Å². The van der Waals surface area contributed by atoms with Crippen LogP contribution in [0.15, 0.2) is 23.1 Å². The first kappa shape index (κ1) is 20.1. The van der Waals surface area contributed by atoms with Crippen molar-refractivity contribution in [3.63, 3.8) is 0 Å². The van der Waals surface area contributed by atoms with Crippen LogP contribution >= 0.6 is 12.4 Å². The van der Waals surface area contributed by atoms with Crippen LogP contribution in [0.25, 0.3) is 0 Å². The van der Waals surface area contributed by atoms with E-state index in [-0.39, 0.29) is 31.4 Å². The minimum atomic E-state index is -3.98. The summed E-state index contributed by atoms with van der Waals surface area (Å²) in [4.78, 5) is -0.483. The Hall–Kier alpha value is -1.62. The molecule has 0 unspecified atom stereocenters. The molecule has 0 bridgehead atoms. The van der Waals surface area contributed by atoms with Crippen molar-refractivity contribution < 1.29 is 17.2 Å². The number of aromatic nitrogens is 3. The van der Waals surface area contributed by atoms with Crippen LogP contribution in [0.3, 0.4) is 0 Å². The first-order chi connectivity index (χ1) is 12.5. The number of nitrogens with zero attached hydrogens (tertiary/aromatic N) is 4. The van der Waals surface area contributed by atoms with Crippen molar-refractivity contribution in [3.05, 3.63) is 41.5 Å². The second-order valence-electron chi connectivity index (χ2n) is 6.56. The molecule has 0 amide bonds. The van der Waals surface area contributed by atoms with Crippen molar-refractivity contribution >= 4 is 22.4 Å². The highest BCUT2D eigenvalue weighted by Crippen LogP contribution is 2.31. The van der Waals surface area contributed by atoms with Crippen LogP contribution in [-0.2, 0) is 23.1 Å². The van der Waals surface area contributed by atoms with E-state index in [4.69, 9.17) is 0 Å². The van der Waals surface area contributed by atoms with Crippen molar-refractivity contribution in [1.82, 2.24) is 24.4 Å². The average molecular weight is 420 g/mol. The first-order valence-corrected chi connectivity index (χ1v) is 9.99. The van der Waals surface area contributed by atoms with Gasteiger partial charge in [0.25, 0.3) is 0 Å². The normalized spacial score (nSPS) is 18.7. The third-order valence-electron chi connectivity index (χ3n) is 4.98. The highest BCUT2D eigenvalue weighted by atomic mass is 35.5. The van der Waals surface area contributed by atoms with Crippen LogP contribution in [0.2, 0.25) is 0 Å². The largest absolute Gasteiger partial charge is 0.312 e. The Morgan fingerprint density at radius 3 is 2.56 bits per heavy atom. The lowest BCUT2D eigenvalue weighted by Crippen LogP contribution is -2.39. The van der Waals surface area contributed by atoms with Gasteiger partial charge in [0, 0.05) is 38.2 Å². The van der Waals surface area contributed by atoms with Gasteiger partial charge >= 0.3 is 0 Å². The fourth-order valence-corrected chi connectivity index (χ4v) is 5.11. The topological polar surface area (TPSA) is 80.1 Å². The Morgan fingerprint density at radius 2 is 1.85 bits per heavy atom. The zero-order chi connectivity index (χ0) is 18.3. The highest BCUT2D eigenvalue weighted by Gasteiger charge is 2.34. The molecule has 0 saturated carbocycles. The molecule has 11 heteroatoms. The van der Waals surface area contributed by atoms with E-state index in [1.807, 2.05) is 0 Å². The number of hydrogen-bond donors (Lipinski definition) is 1. The van der Waals surface area contributed by atoms with Gasteiger partial charge in [-0.3, -0.25) is 0 Å². The lowest BCUT2D eigenvalue weighted by molar-refractivity contribution is 0.306. The van der Waals surface area contributed by atoms with Gasteiger partial charge in [-0.15, -0.1) is 22.6 Å². The minimum Gasteiger partial charge on any atom is -0.312 e. The molecule has 1 saturated heterocycles. The van der Waals surface area contributed by atoms with Gasteiger partial charge in [0.15, 0.2) is 0 Å². The maximum Gasteiger partial charge on any atom is 0.245 e. The minimum absolute atomic E-state index is 0. The number of piperidine rings is 1. The Balaban J connectivity index is 0.00000210. The van der Waals surface area contributed by atoms with E-state index in [1.165, 1.54) is 4.31 Å². The number of hydrogen-bond acceptors (Lipinski definition) is 5. The molecule has 27 heavy (non-hydrogen) atoms. The molecular weight excluding hydrogens is 400 g/mol. The Bertz CT molecular complexity index is 929. The molecular formula is C16H20ClF2N5O2S. The Kier molecular flexibility index (Phi) is 5.80. The summed E-state index contributed by atoms with van der Waals surface area (Å²) in [6, 6.07) is 2.53. The van der Waals surface area contributed by atoms with E-state index >= 15 is 0 Å². The molecule has 7 nitrogen and oxygen atoms in total. The molecule has 2 aromatic rings. The lowest BCUT2D eigenvalue weighted by atomic mass is 9.97. The molecule has 1 aromatic heterocycles. The van der Waals surface area contributed by atoms with Crippen molar-refractivity contribution in [1.29, 1.82) is 0 Å². The first-order valence-electron chi connectivity index (χ1n) is 8.54. The van der Waals surface area contributed by atoms with Crippen molar-refractivity contribution in [2.75, 3.05) is 19.6 Å². The molecule has 3 heterocycles. The summed E-state index contributed by atoms with van der Waals surface area (Å²) in [6.45, 7) is 2.88. The third-order valence-corrected chi connectivity index (χ3v) is 6.91. The molecule has 1 aromatic carbocycles. The molecule has 4 rings (SSSR count). The molecule has 2 aliphatic rings. The van der Waals surface area contributed by atoms with Crippen LogP contribution in [0.1, 0.15) is 30.4 Å². The fourth-order valence-electron chi connectivity index (χ4n) is 3.59. The van der Waals surface area contributed by atoms with E-state index in [9.17, 15) is 17.2 Å². The predicted molar refractivity (Wildman–Crippen MR) is 96.1 cm³/mol. The van der Waals surface area contributed by atoms with E-state index < -0.39 is 26.6 Å². The van der Waals surface area contributed by atoms with E-state index in [0.717, 1.165) is 36.9 Å². The van der Waals surface area contributed by atoms with Gasteiger partial charge in [-0.1, -0.05) is 0 Å². The maximum atomic E-state index is 13.9. The third kappa shape index (κ3) is 3.71. The fraction of sp³-hybridized carbons (Fsp3) is 0.500. The number of halogens is 3. The Labute approximate surface area is 162 Å². The molecule has 0 spiro atoms. The second kappa shape index (κ2) is 7.78. The standard InChI is InChI=1S/C16H19F2N5O2S.ClH/c17-12-1-2-14(13(18)9-12)26(24,25)22-6-3-11(4-7-22)16-21-20-15-10-19-5-8-23(15)16;/h1-2,9,11,19H,3-8,10H2;1H. The molecule has 2 aliphatic heterocycles. The van der Waals surface area contributed by atoms with Gasteiger partial charge in [-0.05, 0) is 25.0 Å². The number of benzene rings is 1. The molecule has 0 atom stereocenters. The summed E-state index contributed by atoms with van der Waals surface area (Å²) in [5.41, 5.74) is 0. The summed E-state index contributed by atoms with van der Waals surface area (Å²) in [5, 5.41) is 11.7. The van der Waals surface area contributed by atoms with Gasteiger partial charge in [0.1, 0.15) is 28.2 Å². The van der Waals surface area contributed by atoms with Gasteiger partial charge < -0.3 is 9.88 Å². The van der Waals surface area contributed by atoms with Crippen molar-refractivity contribution in [3.8, 4) is 0 Å². The van der Waals surface area contributed by atoms with Crippen LogP contribution in [0.5, 0.6) is 0 Å². The molecule has 1 N–H and O–H groups in total. The summed E-state index contributed by atoms with van der Waals surface area (Å²) in [7, 11) is -3.98. The number of fused-ring (bicyclic) bond motifs is 1. The van der Waals surface area contributed by atoms with E-state index in [1.54, 1.807) is 0 Å².